The van der Waals surface area contributed by atoms with E-state index in [2.05, 4.69) is 32.4 Å². The molecular formula is C11H12BrFN2. The number of rotatable bonds is 2. The molecule has 15 heavy (non-hydrogen) atoms. The van der Waals surface area contributed by atoms with Crippen LogP contribution in [0, 0.1) is 5.82 Å². The predicted octanol–water partition coefficient (Wildman–Crippen LogP) is 3.65. The number of nitrogens with zero attached hydrogens (tertiary/aromatic N) is 2. The van der Waals surface area contributed by atoms with Crippen LogP contribution in [0.25, 0.3) is 11.0 Å². The molecular weight excluding hydrogens is 259 g/mol. The molecule has 0 aliphatic heterocycles. The molecule has 2 nitrogen and oxygen atoms in total. The molecule has 2 aromatic rings. The molecule has 1 aromatic heterocycles. The smallest absolute Gasteiger partial charge is 0.125 e. The first-order valence-electron chi connectivity index (χ1n) is 4.93. The Morgan fingerprint density at radius 1 is 1.53 bits per heavy atom. The number of imidazole rings is 1. The van der Waals surface area contributed by atoms with E-state index in [-0.39, 0.29) is 10.6 Å². The fourth-order valence-electron chi connectivity index (χ4n) is 1.76. The van der Waals surface area contributed by atoms with Crippen molar-refractivity contribution in [2.45, 2.75) is 25.2 Å². The number of alkyl halides is 1. The van der Waals surface area contributed by atoms with Crippen LogP contribution >= 0.6 is 15.9 Å². The topological polar surface area (TPSA) is 17.8 Å². The van der Waals surface area contributed by atoms with Crippen molar-refractivity contribution >= 4 is 27.0 Å². The summed E-state index contributed by atoms with van der Waals surface area (Å²) in [4.78, 5) is 4.59. The zero-order valence-corrected chi connectivity index (χ0v) is 10.3. The normalized spacial score (nSPS) is 13.3. The van der Waals surface area contributed by atoms with E-state index in [0.717, 1.165) is 23.4 Å². The molecule has 1 atom stereocenters. The van der Waals surface area contributed by atoms with Gasteiger partial charge in [-0.3, -0.25) is 0 Å². The van der Waals surface area contributed by atoms with E-state index in [1.807, 2.05) is 6.92 Å². The Balaban J connectivity index is 2.73. The first kappa shape index (κ1) is 10.6. The van der Waals surface area contributed by atoms with Gasteiger partial charge in [0, 0.05) is 12.6 Å². The molecule has 0 fully saturated rings. The summed E-state index contributed by atoms with van der Waals surface area (Å²) in [5.74, 6) is 0.704. The van der Waals surface area contributed by atoms with Gasteiger partial charge in [0.2, 0.25) is 0 Å². The third-order valence-electron chi connectivity index (χ3n) is 2.41. The maximum absolute atomic E-state index is 13.0. The van der Waals surface area contributed by atoms with Crippen molar-refractivity contribution in [1.29, 1.82) is 0 Å². The van der Waals surface area contributed by atoms with Gasteiger partial charge in [-0.05, 0) is 26.0 Å². The van der Waals surface area contributed by atoms with Gasteiger partial charge in [0.25, 0.3) is 0 Å². The summed E-state index contributed by atoms with van der Waals surface area (Å²) < 4.78 is 15.1. The van der Waals surface area contributed by atoms with Gasteiger partial charge in [-0.15, -0.1) is 0 Å². The largest absolute Gasteiger partial charge is 0.327 e. The van der Waals surface area contributed by atoms with Crippen LogP contribution in [0.4, 0.5) is 4.39 Å². The lowest BCUT2D eigenvalue weighted by molar-refractivity contribution is 0.629. The molecule has 0 radical (unpaired) electrons. The Morgan fingerprint density at radius 2 is 2.27 bits per heavy atom. The van der Waals surface area contributed by atoms with Gasteiger partial charge in [-0.2, -0.15) is 0 Å². The number of aromatic nitrogens is 2. The predicted molar refractivity (Wildman–Crippen MR) is 62.7 cm³/mol. The third kappa shape index (κ3) is 1.78. The highest BCUT2D eigenvalue weighted by molar-refractivity contribution is 9.09. The zero-order valence-electron chi connectivity index (χ0n) is 8.67. The Hall–Kier alpha value is -0.900. The summed E-state index contributed by atoms with van der Waals surface area (Å²) in [6.45, 7) is 4.92. The van der Waals surface area contributed by atoms with Gasteiger partial charge in [-0.25, -0.2) is 9.37 Å². The maximum atomic E-state index is 13.0. The maximum Gasteiger partial charge on any atom is 0.125 e. The average Bonchev–Trinajstić information content (AvgIpc) is 2.55. The van der Waals surface area contributed by atoms with Crippen molar-refractivity contribution in [2.75, 3.05) is 0 Å². The highest BCUT2D eigenvalue weighted by Gasteiger charge is 2.13. The zero-order chi connectivity index (χ0) is 11.0. The highest BCUT2D eigenvalue weighted by atomic mass is 79.9. The lowest BCUT2D eigenvalue weighted by Gasteiger charge is -2.06. The highest BCUT2D eigenvalue weighted by Crippen LogP contribution is 2.26. The molecule has 0 N–H and O–H groups in total. The number of hydrogen-bond acceptors (Lipinski definition) is 1. The quantitative estimate of drug-likeness (QED) is 0.762. The molecule has 0 saturated carbocycles. The van der Waals surface area contributed by atoms with E-state index in [4.69, 9.17) is 0 Å². The molecule has 2 rings (SSSR count). The van der Waals surface area contributed by atoms with Crippen molar-refractivity contribution in [1.82, 2.24) is 9.55 Å². The van der Waals surface area contributed by atoms with Gasteiger partial charge in [0.05, 0.1) is 15.9 Å². The van der Waals surface area contributed by atoms with E-state index in [1.165, 1.54) is 12.1 Å². The van der Waals surface area contributed by atoms with Crippen LogP contribution < -0.4 is 0 Å². The minimum Gasteiger partial charge on any atom is -0.327 e. The number of hydrogen-bond donors (Lipinski definition) is 0. The van der Waals surface area contributed by atoms with Crippen LogP contribution in [-0.4, -0.2) is 9.55 Å². The molecule has 0 amide bonds. The molecule has 1 heterocycles. The van der Waals surface area contributed by atoms with E-state index in [0.29, 0.717) is 0 Å². The molecule has 0 saturated heterocycles. The fourth-order valence-corrected chi connectivity index (χ4v) is 2.11. The van der Waals surface area contributed by atoms with Crippen LogP contribution in [0.5, 0.6) is 0 Å². The molecule has 1 unspecified atom stereocenters. The van der Waals surface area contributed by atoms with E-state index in [1.54, 1.807) is 6.07 Å². The third-order valence-corrected chi connectivity index (χ3v) is 2.82. The lowest BCUT2D eigenvalue weighted by atomic mass is 10.3. The molecule has 0 bridgehead atoms. The molecule has 1 aromatic carbocycles. The number of halogens is 2. The minimum absolute atomic E-state index is 0.174. The van der Waals surface area contributed by atoms with Gasteiger partial charge in [0.1, 0.15) is 11.6 Å². The summed E-state index contributed by atoms with van der Waals surface area (Å²) in [5, 5.41) is 0. The van der Waals surface area contributed by atoms with Crippen molar-refractivity contribution < 1.29 is 4.39 Å². The molecule has 0 aliphatic rings. The fraction of sp³-hybridized carbons (Fsp3) is 0.364. The van der Waals surface area contributed by atoms with Gasteiger partial charge >= 0.3 is 0 Å². The Morgan fingerprint density at radius 3 is 2.87 bits per heavy atom. The number of fused-ring (bicyclic) bond motifs is 1. The van der Waals surface area contributed by atoms with Crippen LogP contribution in [0.1, 0.15) is 24.5 Å². The van der Waals surface area contributed by atoms with Crippen molar-refractivity contribution in [2.24, 2.45) is 0 Å². The summed E-state index contributed by atoms with van der Waals surface area (Å²) >= 11 is 3.49. The van der Waals surface area contributed by atoms with Gasteiger partial charge in [0.15, 0.2) is 0 Å². The average molecular weight is 271 g/mol. The van der Waals surface area contributed by atoms with Crippen molar-refractivity contribution in [3.05, 3.63) is 29.8 Å². The first-order chi connectivity index (χ1) is 7.13. The van der Waals surface area contributed by atoms with E-state index >= 15 is 0 Å². The Kier molecular flexibility index (Phi) is 2.78. The Bertz CT molecular complexity index is 491. The number of aryl methyl sites for hydroxylation is 1. The van der Waals surface area contributed by atoms with E-state index in [9.17, 15) is 4.39 Å². The molecule has 0 spiro atoms. The van der Waals surface area contributed by atoms with Gasteiger partial charge < -0.3 is 4.57 Å². The first-order valence-corrected chi connectivity index (χ1v) is 5.84. The number of benzene rings is 1. The minimum atomic E-state index is -0.239. The summed E-state index contributed by atoms with van der Waals surface area (Å²) in [6.07, 6.45) is 0. The van der Waals surface area contributed by atoms with Crippen LogP contribution in [0.3, 0.4) is 0 Å². The van der Waals surface area contributed by atoms with Crippen LogP contribution in [-0.2, 0) is 6.54 Å². The second kappa shape index (κ2) is 3.93. The summed E-state index contributed by atoms with van der Waals surface area (Å²) in [7, 11) is 0. The second-order valence-electron chi connectivity index (χ2n) is 3.46. The molecule has 80 valence electrons. The lowest BCUT2D eigenvalue weighted by Crippen LogP contribution is -2.01. The SMILES string of the molecule is CCn1c(C(C)Br)nc2cc(F)ccc21. The molecule has 4 heteroatoms. The van der Waals surface area contributed by atoms with Crippen LogP contribution in [0.2, 0.25) is 0 Å². The van der Waals surface area contributed by atoms with Crippen molar-refractivity contribution in [3.8, 4) is 0 Å². The van der Waals surface area contributed by atoms with Crippen LogP contribution in [0.15, 0.2) is 18.2 Å². The Labute approximate surface area is 96.2 Å². The van der Waals surface area contributed by atoms with Gasteiger partial charge in [-0.1, -0.05) is 15.9 Å². The standard InChI is InChI=1S/C11H12BrFN2/c1-3-15-10-5-4-8(13)6-9(10)14-11(15)7(2)12/h4-7H,3H2,1-2H3. The summed E-state index contributed by atoms with van der Waals surface area (Å²) in [6, 6.07) is 4.72. The molecule has 0 aliphatic carbocycles. The second-order valence-corrected chi connectivity index (χ2v) is 4.84. The monoisotopic (exact) mass is 270 g/mol. The van der Waals surface area contributed by atoms with E-state index < -0.39 is 0 Å². The van der Waals surface area contributed by atoms with Crippen molar-refractivity contribution in [3.63, 3.8) is 0 Å². The summed E-state index contributed by atoms with van der Waals surface area (Å²) in [5.41, 5.74) is 1.71.